The number of fused-ring (bicyclic) bond motifs is 1. The number of carbonyl (C=O) groups excluding carboxylic acids is 3. The second kappa shape index (κ2) is 11.8. The first kappa shape index (κ1) is 30.5. The Hall–Kier alpha value is -3.69. The zero-order valence-electron chi connectivity index (χ0n) is 22.6. The number of carbonyl (C=O) groups is 3. The number of nitrogens with zero attached hydrogens (tertiary/aromatic N) is 5. The number of aromatic nitrogens is 3. The van der Waals surface area contributed by atoms with Crippen LogP contribution in [0, 0.1) is 28.6 Å². The first-order valence-electron chi connectivity index (χ1n) is 12.1. The lowest BCUT2D eigenvalue weighted by Gasteiger charge is -2.27. The van der Waals surface area contributed by atoms with Crippen molar-refractivity contribution in [3.63, 3.8) is 0 Å². The third kappa shape index (κ3) is 6.99. The fraction of sp³-hybridized carbons (Fsp3) is 0.600. The quantitative estimate of drug-likeness (QED) is 0.603. The molecule has 0 radical (unpaired) electrons. The van der Waals surface area contributed by atoms with Gasteiger partial charge in [0.05, 0.1) is 30.7 Å². The number of rotatable bonds is 5. The van der Waals surface area contributed by atoms with Gasteiger partial charge in [-0.1, -0.05) is 41.5 Å². The number of aryl methyl sites for hydroxylation is 1. The van der Waals surface area contributed by atoms with Crippen LogP contribution in [0.1, 0.15) is 53.1 Å². The maximum Gasteiger partial charge on any atom is 0.471 e. The Kier molecular flexibility index (Phi) is 9.47. The summed E-state index contributed by atoms with van der Waals surface area (Å²) in [5, 5.41) is 13.9. The average Bonchev–Trinajstić information content (AvgIpc) is 3.31. The molecule has 2 unspecified atom stereocenters. The standard InChI is InChI=1S/C21H24F3N7O3.C4H10/c1-11-16(31(9-20(11,2)3)15(32)8-27-19(34)21(22,23)24)18(33)29-13(5-25)12-6-26-7-14-17(12)30(4)10-28-14;1-4(2)3/h6-7,10-11,13,16H,8-9H2,1-4H3,(H,27,34)(H,29,33);4H,1-3H3/t11?,13?,16-;/m0./s1. The van der Waals surface area contributed by atoms with Gasteiger partial charge in [0.2, 0.25) is 11.8 Å². The van der Waals surface area contributed by atoms with Gasteiger partial charge in [0, 0.05) is 25.4 Å². The summed E-state index contributed by atoms with van der Waals surface area (Å²) in [6, 6.07) is -0.150. The Bertz CT molecular complexity index is 1210. The number of amides is 3. The Balaban J connectivity index is 0.00000118. The highest BCUT2D eigenvalue weighted by Gasteiger charge is 2.50. The van der Waals surface area contributed by atoms with Gasteiger partial charge in [-0.3, -0.25) is 19.4 Å². The highest BCUT2D eigenvalue weighted by atomic mass is 19.4. The molecular weight excluding hydrogens is 503 g/mol. The summed E-state index contributed by atoms with van der Waals surface area (Å²) < 4.78 is 39.1. The summed E-state index contributed by atoms with van der Waals surface area (Å²) in [7, 11) is 1.73. The molecule has 1 aliphatic rings. The van der Waals surface area contributed by atoms with E-state index in [9.17, 15) is 32.8 Å². The summed E-state index contributed by atoms with van der Waals surface area (Å²) in [6.45, 7) is 11.1. The van der Waals surface area contributed by atoms with Crippen LogP contribution in [0.3, 0.4) is 0 Å². The Morgan fingerprint density at radius 1 is 1.24 bits per heavy atom. The van der Waals surface area contributed by atoms with Gasteiger partial charge in [0.15, 0.2) is 0 Å². The summed E-state index contributed by atoms with van der Waals surface area (Å²) in [6.07, 6.45) is -0.624. The van der Waals surface area contributed by atoms with Gasteiger partial charge in [0.1, 0.15) is 17.6 Å². The van der Waals surface area contributed by atoms with Gasteiger partial charge in [-0.05, 0) is 17.3 Å². The van der Waals surface area contributed by atoms with Crippen LogP contribution < -0.4 is 10.6 Å². The predicted molar refractivity (Wildman–Crippen MR) is 133 cm³/mol. The molecule has 1 fully saturated rings. The van der Waals surface area contributed by atoms with Crippen molar-refractivity contribution in [1.82, 2.24) is 30.1 Å². The van der Waals surface area contributed by atoms with Gasteiger partial charge in [0.25, 0.3) is 0 Å². The minimum absolute atomic E-state index is 0.0864. The number of hydrogen-bond acceptors (Lipinski definition) is 6. The number of alkyl halides is 3. The first-order valence-corrected chi connectivity index (χ1v) is 12.1. The largest absolute Gasteiger partial charge is 0.471 e. The fourth-order valence-corrected chi connectivity index (χ4v) is 4.11. The van der Waals surface area contributed by atoms with E-state index in [1.54, 1.807) is 30.2 Å². The SMILES string of the molecule is CC(C)C.CC1[C@@H](C(=O)NC(C#N)c2cncc3ncn(C)c23)N(C(=O)CNC(=O)C(F)(F)F)CC1(C)C. The molecule has 3 atom stereocenters. The van der Waals surface area contributed by atoms with Gasteiger partial charge in [-0.2, -0.15) is 18.4 Å². The molecule has 0 spiro atoms. The lowest BCUT2D eigenvalue weighted by molar-refractivity contribution is -0.174. The number of likely N-dealkylation sites (tertiary alicyclic amines) is 1. The molecule has 3 rings (SSSR count). The van der Waals surface area contributed by atoms with Crippen molar-refractivity contribution in [3.05, 3.63) is 24.3 Å². The van der Waals surface area contributed by atoms with E-state index in [1.165, 1.54) is 12.4 Å². The summed E-state index contributed by atoms with van der Waals surface area (Å²) in [5.41, 5.74) is 0.998. The molecule has 3 amide bonds. The van der Waals surface area contributed by atoms with E-state index in [4.69, 9.17) is 0 Å². The maximum atomic E-state index is 13.3. The molecule has 0 saturated carbocycles. The van der Waals surface area contributed by atoms with Crippen LogP contribution >= 0.6 is 0 Å². The van der Waals surface area contributed by atoms with E-state index >= 15 is 0 Å². The van der Waals surface area contributed by atoms with Crippen LogP contribution in [0.15, 0.2) is 18.7 Å². The zero-order chi connectivity index (χ0) is 29.0. The Morgan fingerprint density at radius 2 is 1.84 bits per heavy atom. The number of pyridine rings is 1. The number of hydrogen-bond donors (Lipinski definition) is 2. The van der Waals surface area contributed by atoms with Crippen LogP contribution in [0.2, 0.25) is 0 Å². The molecule has 10 nitrogen and oxygen atoms in total. The molecule has 0 bridgehead atoms. The smallest absolute Gasteiger partial charge is 0.339 e. The van der Waals surface area contributed by atoms with Gasteiger partial charge < -0.3 is 20.1 Å². The van der Waals surface area contributed by atoms with Crippen molar-refractivity contribution in [1.29, 1.82) is 5.26 Å². The first-order chi connectivity index (χ1) is 17.5. The number of halogens is 3. The van der Waals surface area contributed by atoms with Crippen molar-refractivity contribution in [2.45, 2.75) is 59.8 Å². The molecule has 1 saturated heterocycles. The van der Waals surface area contributed by atoms with E-state index in [2.05, 4.69) is 36.1 Å². The van der Waals surface area contributed by atoms with Gasteiger partial charge in [-0.25, -0.2) is 4.98 Å². The molecule has 0 aromatic carbocycles. The van der Waals surface area contributed by atoms with Crippen LogP contribution in [-0.4, -0.2) is 62.5 Å². The Labute approximate surface area is 219 Å². The lowest BCUT2D eigenvalue weighted by atomic mass is 9.80. The second-order valence-electron chi connectivity index (χ2n) is 10.7. The highest BCUT2D eigenvalue weighted by molar-refractivity contribution is 5.92. The minimum atomic E-state index is -5.13. The lowest BCUT2D eigenvalue weighted by Crippen LogP contribution is -2.52. The zero-order valence-corrected chi connectivity index (χ0v) is 22.6. The maximum absolute atomic E-state index is 13.3. The second-order valence-corrected chi connectivity index (χ2v) is 10.7. The number of imidazole rings is 1. The van der Waals surface area contributed by atoms with Crippen LogP contribution in [0.25, 0.3) is 11.0 Å². The normalized spacial score (nSPS) is 19.4. The van der Waals surface area contributed by atoms with Crippen LogP contribution in [0.4, 0.5) is 13.2 Å². The van der Waals surface area contributed by atoms with Crippen molar-refractivity contribution >= 4 is 28.8 Å². The molecule has 13 heteroatoms. The van der Waals surface area contributed by atoms with E-state index < -0.39 is 47.9 Å². The van der Waals surface area contributed by atoms with E-state index in [1.807, 2.05) is 19.9 Å². The molecule has 1 aliphatic heterocycles. The van der Waals surface area contributed by atoms with Crippen LogP contribution in [-0.2, 0) is 21.4 Å². The number of nitriles is 1. The fourth-order valence-electron chi connectivity index (χ4n) is 4.11. The topological polar surface area (TPSA) is 133 Å². The van der Waals surface area contributed by atoms with Crippen LogP contribution in [0.5, 0.6) is 0 Å². The molecule has 0 aliphatic carbocycles. The molecule has 2 N–H and O–H groups in total. The van der Waals surface area contributed by atoms with E-state index in [-0.39, 0.29) is 12.5 Å². The third-order valence-corrected chi connectivity index (χ3v) is 6.24. The number of nitrogens with one attached hydrogen (secondary N) is 2. The van der Waals surface area contributed by atoms with Crippen molar-refractivity contribution in [2.75, 3.05) is 13.1 Å². The molecule has 2 aromatic heterocycles. The Morgan fingerprint density at radius 3 is 2.39 bits per heavy atom. The predicted octanol–water partition coefficient (Wildman–Crippen LogP) is 2.86. The van der Waals surface area contributed by atoms with Crippen molar-refractivity contribution in [3.8, 4) is 6.07 Å². The monoisotopic (exact) mass is 537 g/mol. The highest BCUT2D eigenvalue weighted by Crippen LogP contribution is 2.40. The van der Waals surface area contributed by atoms with E-state index in [0.29, 0.717) is 16.6 Å². The van der Waals surface area contributed by atoms with Crippen molar-refractivity contribution < 1.29 is 27.6 Å². The minimum Gasteiger partial charge on any atom is -0.339 e. The molecule has 208 valence electrons. The third-order valence-electron chi connectivity index (χ3n) is 6.24. The molecule has 2 aromatic rings. The molecule has 38 heavy (non-hydrogen) atoms. The van der Waals surface area contributed by atoms with Gasteiger partial charge >= 0.3 is 12.1 Å². The van der Waals surface area contributed by atoms with Crippen molar-refractivity contribution in [2.24, 2.45) is 24.3 Å². The average molecular weight is 538 g/mol. The van der Waals surface area contributed by atoms with Gasteiger partial charge in [-0.15, -0.1) is 0 Å². The van der Waals surface area contributed by atoms with E-state index in [0.717, 1.165) is 10.8 Å². The summed E-state index contributed by atoms with van der Waals surface area (Å²) in [5.74, 6) is -3.27. The molecule has 3 heterocycles. The molecular formula is C25H34F3N7O3. The summed E-state index contributed by atoms with van der Waals surface area (Å²) in [4.78, 5) is 46.5. The summed E-state index contributed by atoms with van der Waals surface area (Å²) >= 11 is 0.